The van der Waals surface area contributed by atoms with Crippen molar-refractivity contribution in [3.8, 4) is 0 Å². The molecule has 0 aliphatic rings. The third-order valence-corrected chi connectivity index (χ3v) is 4.55. The number of likely N-dealkylation sites (N-methyl/N-ethyl adjacent to an activating group) is 2. The fourth-order valence-corrected chi connectivity index (χ4v) is 3.27. The van der Waals surface area contributed by atoms with E-state index in [0.717, 1.165) is 32.5 Å². The Balaban J connectivity index is 3.06. The summed E-state index contributed by atoms with van der Waals surface area (Å²) in [5.74, 6) is 0. The zero-order valence-corrected chi connectivity index (χ0v) is 14.1. The molecule has 1 aromatic heterocycles. The van der Waals surface area contributed by atoms with E-state index in [9.17, 15) is 0 Å². The highest BCUT2D eigenvalue weighted by Crippen LogP contribution is 2.33. The zero-order valence-electron chi connectivity index (χ0n) is 14.1. The lowest BCUT2D eigenvalue weighted by Crippen LogP contribution is -2.53. The monoisotopic (exact) mass is 280 g/mol. The molecule has 4 nitrogen and oxygen atoms in total. The number of aryl methyl sites for hydroxylation is 1. The molecule has 0 aromatic carbocycles. The Morgan fingerprint density at radius 3 is 2.40 bits per heavy atom. The second kappa shape index (κ2) is 7.79. The molecule has 1 heterocycles. The van der Waals surface area contributed by atoms with Crippen molar-refractivity contribution in [3.63, 3.8) is 0 Å². The molecule has 0 aliphatic heterocycles. The van der Waals surface area contributed by atoms with Crippen LogP contribution >= 0.6 is 0 Å². The molecule has 0 spiro atoms. The van der Waals surface area contributed by atoms with Crippen LogP contribution in [0.25, 0.3) is 0 Å². The zero-order chi connectivity index (χ0) is 15.2. The Hall–Kier alpha value is -0.870. The van der Waals surface area contributed by atoms with Crippen LogP contribution in [0.1, 0.15) is 59.1 Å². The van der Waals surface area contributed by atoms with Crippen molar-refractivity contribution in [1.29, 1.82) is 0 Å². The highest BCUT2D eigenvalue weighted by atomic mass is 15.3. The summed E-state index contributed by atoms with van der Waals surface area (Å²) in [5, 5.41) is 8.01. The first kappa shape index (κ1) is 17.2. The summed E-state index contributed by atoms with van der Waals surface area (Å²) in [6.45, 7) is 14.4. The summed E-state index contributed by atoms with van der Waals surface area (Å²) in [7, 11) is 2.05. The summed E-state index contributed by atoms with van der Waals surface area (Å²) in [5.41, 5.74) is 1.40. The van der Waals surface area contributed by atoms with Gasteiger partial charge in [-0.3, -0.25) is 9.58 Å². The Morgan fingerprint density at radius 2 is 1.95 bits per heavy atom. The summed E-state index contributed by atoms with van der Waals surface area (Å²) in [6.07, 6.45) is 6.45. The molecule has 1 N–H and O–H groups in total. The van der Waals surface area contributed by atoms with Gasteiger partial charge < -0.3 is 5.32 Å². The number of nitrogens with zero attached hydrogens (tertiary/aromatic N) is 3. The minimum absolute atomic E-state index is 0.109. The number of rotatable bonds is 9. The number of hydrogen-bond donors (Lipinski definition) is 1. The second-order valence-corrected chi connectivity index (χ2v) is 5.64. The van der Waals surface area contributed by atoms with E-state index in [0.29, 0.717) is 6.04 Å². The first-order valence-corrected chi connectivity index (χ1v) is 8.01. The van der Waals surface area contributed by atoms with Gasteiger partial charge in [-0.2, -0.15) is 5.10 Å². The van der Waals surface area contributed by atoms with E-state index < -0.39 is 0 Å². The predicted octanol–water partition coefficient (Wildman–Crippen LogP) is 3.06. The third kappa shape index (κ3) is 3.41. The maximum absolute atomic E-state index is 4.49. The fourth-order valence-electron chi connectivity index (χ4n) is 3.27. The van der Waals surface area contributed by atoms with Gasteiger partial charge in [-0.25, -0.2) is 0 Å². The van der Waals surface area contributed by atoms with Crippen LogP contribution in [0.15, 0.2) is 12.4 Å². The van der Waals surface area contributed by atoms with Gasteiger partial charge >= 0.3 is 0 Å². The standard InChI is InChI=1S/C16H32N4/c1-7-11-20-13-14(12-18-20)15(17-6)16(5,8-2)19(9-3)10-4/h12-13,15,17H,7-11H2,1-6H3. The van der Waals surface area contributed by atoms with Crippen molar-refractivity contribution >= 4 is 0 Å². The first-order valence-electron chi connectivity index (χ1n) is 8.01. The average Bonchev–Trinajstić information content (AvgIpc) is 2.89. The van der Waals surface area contributed by atoms with Crippen molar-refractivity contribution in [3.05, 3.63) is 18.0 Å². The molecule has 116 valence electrons. The molecule has 0 amide bonds. The van der Waals surface area contributed by atoms with E-state index in [4.69, 9.17) is 0 Å². The van der Waals surface area contributed by atoms with Gasteiger partial charge in [0, 0.05) is 23.8 Å². The molecule has 0 radical (unpaired) electrons. The first-order chi connectivity index (χ1) is 9.57. The van der Waals surface area contributed by atoms with Crippen molar-refractivity contribution in [2.75, 3.05) is 20.1 Å². The van der Waals surface area contributed by atoms with Crippen molar-refractivity contribution in [2.45, 2.75) is 65.6 Å². The molecule has 2 unspecified atom stereocenters. The molecule has 0 fully saturated rings. The van der Waals surface area contributed by atoms with Gasteiger partial charge in [0.2, 0.25) is 0 Å². The topological polar surface area (TPSA) is 33.1 Å². The summed E-state index contributed by atoms with van der Waals surface area (Å²) < 4.78 is 2.05. The molecule has 4 heteroatoms. The van der Waals surface area contributed by atoms with E-state index in [1.54, 1.807) is 0 Å². The lowest BCUT2D eigenvalue weighted by molar-refractivity contribution is 0.0728. The van der Waals surface area contributed by atoms with Crippen LogP contribution in [0.4, 0.5) is 0 Å². The summed E-state index contributed by atoms with van der Waals surface area (Å²) in [4.78, 5) is 2.55. The van der Waals surface area contributed by atoms with Gasteiger partial charge in [0.15, 0.2) is 0 Å². The summed E-state index contributed by atoms with van der Waals surface area (Å²) >= 11 is 0. The summed E-state index contributed by atoms with van der Waals surface area (Å²) in [6, 6.07) is 0.304. The highest BCUT2D eigenvalue weighted by molar-refractivity contribution is 5.17. The van der Waals surface area contributed by atoms with E-state index in [1.165, 1.54) is 5.56 Å². The van der Waals surface area contributed by atoms with Crippen LogP contribution in [0.5, 0.6) is 0 Å². The van der Waals surface area contributed by atoms with E-state index >= 15 is 0 Å². The quantitative estimate of drug-likeness (QED) is 0.754. The van der Waals surface area contributed by atoms with Crippen molar-refractivity contribution < 1.29 is 0 Å². The lowest BCUT2D eigenvalue weighted by Gasteiger charge is -2.45. The normalized spacial score (nSPS) is 16.4. The van der Waals surface area contributed by atoms with Crippen LogP contribution in [-0.4, -0.2) is 40.4 Å². The number of nitrogens with one attached hydrogen (secondary N) is 1. The Morgan fingerprint density at radius 1 is 1.30 bits per heavy atom. The molecular formula is C16H32N4. The van der Waals surface area contributed by atoms with Gasteiger partial charge in [0.05, 0.1) is 12.2 Å². The van der Waals surface area contributed by atoms with Crippen molar-refractivity contribution in [2.24, 2.45) is 0 Å². The Kier molecular flexibility index (Phi) is 6.69. The van der Waals surface area contributed by atoms with Gasteiger partial charge in [0.1, 0.15) is 0 Å². The largest absolute Gasteiger partial charge is 0.311 e. The van der Waals surface area contributed by atoms with Gasteiger partial charge in [-0.1, -0.05) is 27.7 Å². The third-order valence-electron chi connectivity index (χ3n) is 4.55. The number of hydrogen-bond acceptors (Lipinski definition) is 3. The van der Waals surface area contributed by atoms with E-state index in [-0.39, 0.29) is 5.54 Å². The molecule has 0 aliphatic carbocycles. The molecular weight excluding hydrogens is 248 g/mol. The van der Waals surface area contributed by atoms with Gasteiger partial charge in [0.25, 0.3) is 0 Å². The lowest BCUT2D eigenvalue weighted by atomic mass is 9.84. The Bertz CT molecular complexity index is 384. The second-order valence-electron chi connectivity index (χ2n) is 5.64. The van der Waals surface area contributed by atoms with Gasteiger partial charge in [-0.05, 0) is 39.9 Å². The van der Waals surface area contributed by atoms with E-state index in [1.807, 2.05) is 6.20 Å². The van der Waals surface area contributed by atoms with Crippen LogP contribution in [0.2, 0.25) is 0 Å². The van der Waals surface area contributed by atoms with Crippen LogP contribution < -0.4 is 5.32 Å². The molecule has 1 aromatic rings. The highest BCUT2D eigenvalue weighted by Gasteiger charge is 2.37. The molecule has 1 rings (SSSR count). The molecule has 20 heavy (non-hydrogen) atoms. The van der Waals surface area contributed by atoms with Crippen molar-refractivity contribution in [1.82, 2.24) is 20.0 Å². The van der Waals surface area contributed by atoms with Gasteiger partial charge in [-0.15, -0.1) is 0 Å². The van der Waals surface area contributed by atoms with Crippen LogP contribution in [0.3, 0.4) is 0 Å². The molecule has 0 saturated carbocycles. The SMILES string of the molecule is CCCn1cc(C(NC)C(C)(CC)N(CC)CC)cn1. The Labute approximate surface area is 124 Å². The minimum atomic E-state index is 0.109. The average molecular weight is 280 g/mol. The fraction of sp³-hybridized carbons (Fsp3) is 0.812. The molecule has 0 saturated heterocycles. The molecule has 0 bridgehead atoms. The smallest absolute Gasteiger partial charge is 0.0538 e. The van der Waals surface area contributed by atoms with Crippen LogP contribution in [0, 0.1) is 0 Å². The maximum Gasteiger partial charge on any atom is 0.0538 e. The number of aromatic nitrogens is 2. The maximum atomic E-state index is 4.49. The van der Waals surface area contributed by atoms with Crippen LogP contribution in [-0.2, 0) is 6.54 Å². The predicted molar refractivity (Wildman–Crippen MR) is 85.9 cm³/mol. The van der Waals surface area contributed by atoms with E-state index in [2.05, 4.69) is 67.9 Å². The minimum Gasteiger partial charge on any atom is -0.311 e. The molecule has 2 atom stereocenters.